The zero-order valence-corrected chi connectivity index (χ0v) is 11.2. The molecule has 1 aromatic carbocycles. The lowest BCUT2D eigenvalue weighted by Crippen LogP contribution is -2.13. The minimum atomic E-state index is -0.485. The Morgan fingerprint density at radius 1 is 1.47 bits per heavy atom. The second-order valence-electron chi connectivity index (χ2n) is 4.23. The molecule has 6 nitrogen and oxygen atoms in total. The molecule has 6 heteroatoms. The predicted octanol–water partition coefficient (Wildman–Crippen LogP) is 2.49. The van der Waals surface area contributed by atoms with Crippen LogP contribution in [-0.4, -0.2) is 30.7 Å². The lowest BCUT2D eigenvalue weighted by Gasteiger charge is -2.09. The van der Waals surface area contributed by atoms with Crippen molar-refractivity contribution in [2.45, 2.75) is 26.4 Å². The fourth-order valence-electron chi connectivity index (χ4n) is 1.51. The Balaban J connectivity index is 2.63. The molecule has 0 aliphatic carbocycles. The van der Waals surface area contributed by atoms with Crippen molar-refractivity contribution < 1.29 is 19.2 Å². The molecule has 1 aromatic rings. The Morgan fingerprint density at radius 3 is 2.68 bits per heavy atom. The summed E-state index contributed by atoms with van der Waals surface area (Å²) in [5.74, 6) is -0.485. The van der Waals surface area contributed by atoms with Crippen LogP contribution in [-0.2, 0) is 9.47 Å². The maximum Gasteiger partial charge on any atom is 0.338 e. The number of nitrogens with zero attached hydrogens (tertiary/aromatic N) is 1. The lowest BCUT2D eigenvalue weighted by molar-refractivity contribution is -0.385. The molecule has 0 N–H and O–H groups in total. The van der Waals surface area contributed by atoms with Crippen LogP contribution < -0.4 is 0 Å². The third-order valence-electron chi connectivity index (χ3n) is 2.79. The average molecular weight is 267 g/mol. The lowest BCUT2D eigenvalue weighted by atomic mass is 10.1. The minimum Gasteiger partial charge on any atom is -0.462 e. The monoisotopic (exact) mass is 267 g/mol. The van der Waals surface area contributed by atoms with Crippen LogP contribution >= 0.6 is 0 Å². The molecule has 0 aliphatic heterocycles. The molecule has 0 saturated heterocycles. The van der Waals surface area contributed by atoms with Crippen molar-refractivity contribution in [3.63, 3.8) is 0 Å². The Bertz CT molecular complexity index is 472. The van der Waals surface area contributed by atoms with Crippen LogP contribution in [0.3, 0.4) is 0 Å². The van der Waals surface area contributed by atoms with Crippen LogP contribution in [0.25, 0.3) is 0 Å². The molecule has 0 heterocycles. The molecular formula is C13H17NO5. The van der Waals surface area contributed by atoms with Gasteiger partial charge >= 0.3 is 5.97 Å². The maximum absolute atomic E-state index is 11.7. The summed E-state index contributed by atoms with van der Waals surface area (Å²) in [5, 5.41) is 10.7. The van der Waals surface area contributed by atoms with Crippen molar-refractivity contribution in [3.05, 3.63) is 39.4 Å². The van der Waals surface area contributed by atoms with E-state index in [0.717, 1.165) is 0 Å². The minimum absolute atomic E-state index is 0.00967. The quantitative estimate of drug-likeness (QED) is 0.449. The number of hydrogen-bond donors (Lipinski definition) is 0. The van der Waals surface area contributed by atoms with Crippen LogP contribution in [0.4, 0.5) is 5.69 Å². The molecule has 0 radical (unpaired) electrons. The molecule has 0 fully saturated rings. The standard InChI is InChI=1S/C13H17NO5/c1-9-8-11(4-5-12(9)14(16)17)13(15)19-7-6-10(2)18-3/h4-5,8,10H,6-7H2,1-3H3/t10-/m1/s1. The van der Waals surface area contributed by atoms with E-state index in [4.69, 9.17) is 9.47 Å². The summed E-state index contributed by atoms with van der Waals surface area (Å²) < 4.78 is 10.1. The van der Waals surface area contributed by atoms with Gasteiger partial charge in [-0.3, -0.25) is 10.1 Å². The van der Waals surface area contributed by atoms with Crippen LogP contribution in [0, 0.1) is 17.0 Å². The number of ether oxygens (including phenoxy) is 2. The van der Waals surface area contributed by atoms with Gasteiger partial charge in [-0.2, -0.15) is 0 Å². The first-order chi connectivity index (χ1) is 8.95. The van der Waals surface area contributed by atoms with Crippen molar-refractivity contribution in [1.29, 1.82) is 0 Å². The number of nitro groups is 1. The van der Waals surface area contributed by atoms with Crippen molar-refractivity contribution in [1.82, 2.24) is 0 Å². The highest BCUT2D eigenvalue weighted by atomic mass is 16.6. The van der Waals surface area contributed by atoms with E-state index in [0.29, 0.717) is 17.5 Å². The fourth-order valence-corrected chi connectivity index (χ4v) is 1.51. The molecule has 0 bridgehead atoms. The van der Waals surface area contributed by atoms with Gasteiger partial charge in [0, 0.05) is 25.2 Å². The Kier molecular flexibility index (Phi) is 5.44. The number of aryl methyl sites for hydroxylation is 1. The molecular weight excluding hydrogens is 250 g/mol. The van der Waals surface area contributed by atoms with E-state index >= 15 is 0 Å². The van der Waals surface area contributed by atoms with E-state index in [1.807, 2.05) is 6.92 Å². The van der Waals surface area contributed by atoms with Gasteiger partial charge in [0.1, 0.15) is 0 Å². The Morgan fingerprint density at radius 2 is 2.16 bits per heavy atom. The first kappa shape index (κ1) is 15.1. The molecule has 1 atom stereocenters. The molecule has 104 valence electrons. The topological polar surface area (TPSA) is 78.7 Å². The van der Waals surface area contributed by atoms with Gasteiger partial charge in [-0.05, 0) is 26.0 Å². The maximum atomic E-state index is 11.7. The summed E-state index contributed by atoms with van der Waals surface area (Å²) in [6.07, 6.45) is 0.625. The van der Waals surface area contributed by atoms with Crippen LogP contribution in [0.1, 0.15) is 29.3 Å². The third kappa shape index (κ3) is 4.33. The van der Waals surface area contributed by atoms with E-state index in [1.54, 1.807) is 14.0 Å². The molecule has 0 aromatic heterocycles. The molecule has 0 aliphatic rings. The fraction of sp³-hybridized carbons (Fsp3) is 0.462. The molecule has 0 unspecified atom stereocenters. The molecule has 19 heavy (non-hydrogen) atoms. The van der Waals surface area contributed by atoms with Crippen LogP contribution in [0.5, 0.6) is 0 Å². The van der Waals surface area contributed by atoms with Gasteiger partial charge in [0.15, 0.2) is 0 Å². The van der Waals surface area contributed by atoms with Crippen molar-refractivity contribution in [2.24, 2.45) is 0 Å². The van der Waals surface area contributed by atoms with Gasteiger partial charge < -0.3 is 9.47 Å². The first-order valence-corrected chi connectivity index (χ1v) is 5.90. The zero-order valence-electron chi connectivity index (χ0n) is 11.2. The normalized spacial score (nSPS) is 11.9. The van der Waals surface area contributed by atoms with Crippen molar-refractivity contribution in [2.75, 3.05) is 13.7 Å². The van der Waals surface area contributed by atoms with Gasteiger partial charge in [-0.25, -0.2) is 4.79 Å². The van der Waals surface area contributed by atoms with Gasteiger partial charge in [-0.15, -0.1) is 0 Å². The number of benzene rings is 1. The zero-order chi connectivity index (χ0) is 14.4. The van der Waals surface area contributed by atoms with E-state index in [1.165, 1.54) is 18.2 Å². The highest BCUT2D eigenvalue weighted by molar-refractivity contribution is 5.90. The first-order valence-electron chi connectivity index (χ1n) is 5.90. The molecule has 0 spiro atoms. The van der Waals surface area contributed by atoms with Crippen molar-refractivity contribution >= 4 is 11.7 Å². The Hall–Kier alpha value is -1.95. The summed E-state index contributed by atoms with van der Waals surface area (Å²) in [7, 11) is 1.59. The second-order valence-corrected chi connectivity index (χ2v) is 4.23. The molecule has 0 saturated carbocycles. The molecule has 1 rings (SSSR count). The van der Waals surface area contributed by atoms with E-state index in [2.05, 4.69) is 0 Å². The summed E-state index contributed by atoms with van der Waals surface area (Å²) in [5.41, 5.74) is 0.738. The number of nitro benzene ring substituents is 1. The number of methoxy groups -OCH3 is 1. The SMILES string of the molecule is CO[C@H](C)CCOC(=O)c1ccc([N+](=O)[O-])c(C)c1. The number of carbonyl (C=O) groups excluding carboxylic acids is 1. The number of rotatable bonds is 6. The predicted molar refractivity (Wildman–Crippen MR) is 69.2 cm³/mol. The van der Waals surface area contributed by atoms with E-state index in [9.17, 15) is 14.9 Å². The summed E-state index contributed by atoms with van der Waals surface area (Å²) in [6.45, 7) is 3.72. The largest absolute Gasteiger partial charge is 0.462 e. The van der Waals surface area contributed by atoms with Gasteiger partial charge in [-0.1, -0.05) is 0 Å². The third-order valence-corrected chi connectivity index (χ3v) is 2.79. The average Bonchev–Trinajstić information content (AvgIpc) is 2.37. The highest BCUT2D eigenvalue weighted by Crippen LogP contribution is 2.19. The Labute approximate surface area is 111 Å². The number of hydrogen-bond acceptors (Lipinski definition) is 5. The highest BCUT2D eigenvalue weighted by Gasteiger charge is 2.14. The van der Waals surface area contributed by atoms with E-state index < -0.39 is 10.9 Å². The number of esters is 1. The van der Waals surface area contributed by atoms with Gasteiger partial charge in [0.25, 0.3) is 5.69 Å². The van der Waals surface area contributed by atoms with Gasteiger partial charge in [0.2, 0.25) is 0 Å². The smallest absolute Gasteiger partial charge is 0.338 e. The van der Waals surface area contributed by atoms with E-state index in [-0.39, 0.29) is 18.4 Å². The molecule has 0 amide bonds. The van der Waals surface area contributed by atoms with Crippen molar-refractivity contribution in [3.8, 4) is 0 Å². The number of carbonyl (C=O) groups is 1. The second kappa shape index (κ2) is 6.84. The van der Waals surface area contributed by atoms with Crippen LogP contribution in [0.2, 0.25) is 0 Å². The summed E-state index contributed by atoms with van der Waals surface area (Å²) >= 11 is 0. The van der Waals surface area contributed by atoms with Gasteiger partial charge in [0.05, 0.1) is 23.2 Å². The van der Waals surface area contributed by atoms with Crippen LogP contribution in [0.15, 0.2) is 18.2 Å². The summed E-state index contributed by atoms with van der Waals surface area (Å²) in [6, 6.07) is 4.16. The summed E-state index contributed by atoms with van der Waals surface area (Å²) in [4.78, 5) is 21.9.